The van der Waals surface area contributed by atoms with Crippen LogP contribution in [0.25, 0.3) is 11.3 Å². The molecule has 6 heteroatoms. The fraction of sp³-hybridized carbons (Fsp3) is 0.167. The van der Waals surface area contributed by atoms with Gasteiger partial charge in [0.25, 0.3) is 0 Å². The molecule has 2 rings (SSSR count). The number of benzene rings is 1. The zero-order valence-electron chi connectivity index (χ0n) is 9.43. The smallest absolute Gasteiger partial charge is 0.387 e. The van der Waals surface area contributed by atoms with Crippen LogP contribution in [0, 0.1) is 6.20 Å². The lowest BCUT2D eigenvalue weighted by Crippen LogP contribution is -2.02. The molecule has 0 saturated carbocycles. The van der Waals surface area contributed by atoms with E-state index in [1.807, 2.05) is 0 Å². The van der Waals surface area contributed by atoms with E-state index in [2.05, 4.69) is 20.9 Å². The molecule has 1 aromatic heterocycles. The summed E-state index contributed by atoms with van der Waals surface area (Å²) >= 11 is 0. The van der Waals surface area contributed by atoms with Crippen molar-refractivity contribution in [2.45, 2.75) is 6.61 Å². The minimum atomic E-state index is -2.87. The zero-order chi connectivity index (χ0) is 13.0. The number of rotatable bonds is 4. The first-order valence-electron chi connectivity index (χ1n) is 5.03. The van der Waals surface area contributed by atoms with Crippen molar-refractivity contribution in [3.05, 3.63) is 36.7 Å². The molecule has 0 saturated heterocycles. The van der Waals surface area contributed by atoms with Gasteiger partial charge in [0.05, 0.1) is 13.3 Å². The van der Waals surface area contributed by atoms with E-state index >= 15 is 0 Å². The van der Waals surface area contributed by atoms with Crippen molar-refractivity contribution in [3.63, 3.8) is 0 Å². The molecule has 93 valence electrons. The molecule has 1 aromatic carbocycles. The molecular weight excluding hydrogens is 242 g/mol. The van der Waals surface area contributed by atoms with Gasteiger partial charge in [-0.1, -0.05) is 12.1 Å². The lowest BCUT2D eigenvalue weighted by atomic mass is 10.1. The Kier molecular flexibility index (Phi) is 3.66. The van der Waals surface area contributed by atoms with E-state index in [1.165, 1.54) is 25.4 Å². The molecule has 0 aliphatic carbocycles. The van der Waals surface area contributed by atoms with Gasteiger partial charge in [0.1, 0.15) is 17.6 Å². The molecule has 1 radical (unpaired) electrons. The van der Waals surface area contributed by atoms with Gasteiger partial charge in [0.2, 0.25) is 5.88 Å². The molecule has 0 fully saturated rings. The van der Waals surface area contributed by atoms with E-state index in [1.54, 1.807) is 12.1 Å². The second-order valence-electron chi connectivity index (χ2n) is 3.26. The van der Waals surface area contributed by atoms with Crippen LogP contribution in [-0.2, 0) is 0 Å². The van der Waals surface area contributed by atoms with Crippen LogP contribution >= 0.6 is 0 Å². The number of halogens is 2. The molecule has 4 nitrogen and oxygen atoms in total. The molecule has 0 aliphatic rings. The minimum absolute atomic E-state index is 0.0511. The second-order valence-corrected chi connectivity index (χ2v) is 3.26. The largest absolute Gasteiger partial charge is 0.479 e. The highest BCUT2D eigenvalue weighted by atomic mass is 19.3. The van der Waals surface area contributed by atoms with Gasteiger partial charge in [-0.2, -0.15) is 8.78 Å². The van der Waals surface area contributed by atoms with E-state index in [0.29, 0.717) is 17.1 Å². The first-order valence-corrected chi connectivity index (χ1v) is 5.03. The maximum Gasteiger partial charge on any atom is 0.387 e. The van der Waals surface area contributed by atoms with Crippen molar-refractivity contribution < 1.29 is 18.3 Å². The van der Waals surface area contributed by atoms with Crippen LogP contribution in [0.2, 0.25) is 0 Å². The summed E-state index contributed by atoms with van der Waals surface area (Å²) in [4.78, 5) is 7.92. The average Bonchev–Trinajstić information content (AvgIpc) is 2.38. The third-order valence-electron chi connectivity index (χ3n) is 2.14. The van der Waals surface area contributed by atoms with Crippen molar-refractivity contribution >= 4 is 0 Å². The number of hydrogen-bond donors (Lipinski definition) is 0. The van der Waals surface area contributed by atoms with Gasteiger partial charge in [-0.05, 0) is 12.1 Å². The van der Waals surface area contributed by atoms with E-state index in [9.17, 15) is 8.78 Å². The number of nitrogens with zero attached hydrogens (tertiary/aromatic N) is 2. The Morgan fingerprint density at radius 3 is 2.89 bits per heavy atom. The molecule has 18 heavy (non-hydrogen) atoms. The minimum Gasteiger partial charge on any atom is -0.479 e. The standard InChI is InChI=1S/C12H9F2N2O2/c1-17-11-10(15-5-6-16-11)8-3-2-4-9(7-8)18-12(13)14/h2-4,6-7,12H,1H3. The number of hydrogen-bond acceptors (Lipinski definition) is 4. The maximum absolute atomic E-state index is 12.1. The van der Waals surface area contributed by atoms with Gasteiger partial charge in [0, 0.05) is 5.56 Å². The molecule has 0 bridgehead atoms. The molecule has 0 spiro atoms. The number of alkyl halides is 2. The van der Waals surface area contributed by atoms with E-state index in [4.69, 9.17) is 4.74 Å². The number of methoxy groups -OCH3 is 1. The summed E-state index contributed by atoms with van der Waals surface area (Å²) in [5, 5.41) is 0. The molecule has 0 atom stereocenters. The highest BCUT2D eigenvalue weighted by molar-refractivity contribution is 5.65. The summed E-state index contributed by atoms with van der Waals surface area (Å²) in [5.74, 6) is 0.346. The lowest BCUT2D eigenvalue weighted by Gasteiger charge is -2.08. The van der Waals surface area contributed by atoms with Gasteiger partial charge in [-0.15, -0.1) is 0 Å². The van der Waals surface area contributed by atoms with Crippen LogP contribution in [0.3, 0.4) is 0 Å². The highest BCUT2D eigenvalue weighted by Crippen LogP contribution is 2.28. The fourth-order valence-corrected chi connectivity index (χ4v) is 1.45. The Hall–Kier alpha value is -2.24. The van der Waals surface area contributed by atoms with Crippen molar-refractivity contribution in [2.75, 3.05) is 7.11 Å². The summed E-state index contributed by atoms with van der Waals surface area (Å²) in [7, 11) is 1.45. The Balaban J connectivity index is 2.38. The summed E-state index contributed by atoms with van der Waals surface area (Å²) in [5.41, 5.74) is 0.981. The summed E-state index contributed by atoms with van der Waals surface area (Å²) in [6, 6.07) is 6.15. The summed E-state index contributed by atoms with van der Waals surface area (Å²) in [6.45, 7) is -2.87. The quantitative estimate of drug-likeness (QED) is 0.837. The van der Waals surface area contributed by atoms with E-state index < -0.39 is 6.61 Å². The van der Waals surface area contributed by atoms with Gasteiger partial charge in [-0.3, -0.25) is 0 Å². The molecule has 0 unspecified atom stereocenters. The average molecular weight is 251 g/mol. The van der Waals surface area contributed by atoms with E-state index in [-0.39, 0.29) is 5.75 Å². The molecule has 2 aromatic rings. The first kappa shape index (κ1) is 12.2. The Bertz CT molecular complexity index is 535. The maximum atomic E-state index is 12.1. The van der Waals surface area contributed by atoms with Crippen LogP contribution in [0.5, 0.6) is 11.6 Å². The van der Waals surface area contributed by atoms with E-state index in [0.717, 1.165) is 0 Å². The third kappa shape index (κ3) is 2.71. The topological polar surface area (TPSA) is 44.2 Å². The Morgan fingerprint density at radius 2 is 2.17 bits per heavy atom. The molecule has 0 N–H and O–H groups in total. The zero-order valence-corrected chi connectivity index (χ0v) is 9.43. The van der Waals surface area contributed by atoms with Gasteiger partial charge in [0.15, 0.2) is 0 Å². The first-order chi connectivity index (χ1) is 8.70. The number of aromatic nitrogens is 2. The monoisotopic (exact) mass is 251 g/mol. The highest BCUT2D eigenvalue weighted by Gasteiger charge is 2.10. The lowest BCUT2D eigenvalue weighted by molar-refractivity contribution is -0.0498. The third-order valence-corrected chi connectivity index (χ3v) is 2.14. The molecule has 0 aliphatic heterocycles. The van der Waals surface area contributed by atoms with Gasteiger partial charge in [-0.25, -0.2) is 9.97 Å². The predicted molar refractivity (Wildman–Crippen MR) is 59.5 cm³/mol. The van der Waals surface area contributed by atoms with Crippen LogP contribution in [0.15, 0.2) is 30.5 Å². The summed E-state index contributed by atoms with van der Waals surface area (Å²) < 4.78 is 33.6. The Morgan fingerprint density at radius 1 is 1.33 bits per heavy atom. The second kappa shape index (κ2) is 5.39. The summed E-state index contributed by atoms with van der Waals surface area (Å²) in [6.07, 6.45) is 3.93. The van der Waals surface area contributed by atoms with Crippen molar-refractivity contribution in [2.24, 2.45) is 0 Å². The van der Waals surface area contributed by atoms with Crippen LogP contribution < -0.4 is 9.47 Å². The van der Waals surface area contributed by atoms with Crippen molar-refractivity contribution in [1.82, 2.24) is 9.97 Å². The predicted octanol–water partition coefficient (Wildman–Crippen LogP) is 2.55. The SMILES string of the molecule is COc1nc[c]nc1-c1cccc(OC(F)F)c1. The Labute approximate surface area is 102 Å². The molecular formula is C12H9F2N2O2. The molecule has 0 amide bonds. The van der Waals surface area contributed by atoms with Crippen LogP contribution in [0.4, 0.5) is 8.78 Å². The van der Waals surface area contributed by atoms with Crippen molar-refractivity contribution in [3.8, 4) is 22.9 Å². The van der Waals surface area contributed by atoms with Crippen molar-refractivity contribution in [1.29, 1.82) is 0 Å². The van der Waals surface area contributed by atoms with Crippen LogP contribution in [0.1, 0.15) is 0 Å². The van der Waals surface area contributed by atoms with Gasteiger partial charge >= 0.3 is 6.61 Å². The normalized spacial score (nSPS) is 10.4. The van der Waals surface area contributed by atoms with Gasteiger partial charge < -0.3 is 9.47 Å². The number of ether oxygens (including phenoxy) is 2. The fourth-order valence-electron chi connectivity index (χ4n) is 1.45. The van der Waals surface area contributed by atoms with Crippen LogP contribution in [-0.4, -0.2) is 23.7 Å². The molecule has 1 heterocycles.